The molecule has 0 aliphatic rings. The maximum atomic E-state index is 12.9. The van der Waals surface area contributed by atoms with E-state index >= 15 is 0 Å². The zero-order valence-corrected chi connectivity index (χ0v) is 16.5. The molecule has 3 aromatic rings. The molecule has 0 spiro atoms. The van der Waals surface area contributed by atoms with E-state index in [2.05, 4.69) is 15.5 Å². The molecule has 29 heavy (non-hydrogen) atoms. The Kier molecular flexibility index (Phi) is 7.46. The first-order valence-corrected chi connectivity index (χ1v) is 9.91. The summed E-state index contributed by atoms with van der Waals surface area (Å²) in [6.07, 6.45) is -0.508. The van der Waals surface area contributed by atoms with Crippen LogP contribution in [0.25, 0.3) is 0 Å². The largest absolute Gasteiger partial charge is 0.492 e. The van der Waals surface area contributed by atoms with Gasteiger partial charge in [0.2, 0.25) is 5.91 Å². The van der Waals surface area contributed by atoms with Crippen molar-refractivity contribution in [1.29, 1.82) is 0 Å². The standard InChI is InChI=1S/C20H20FN3O4S/c1-14(27-17-9-7-15(21)8-10-17)19-23-24-20(28-19)29-13-18(25)22-11-12-26-16-5-3-2-4-6-16/h2-10,14H,11-13H2,1H3,(H,22,25). The number of benzene rings is 2. The highest BCUT2D eigenvalue weighted by Crippen LogP contribution is 2.24. The minimum atomic E-state index is -0.508. The number of rotatable bonds is 10. The number of ether oxygens (including phenoxy) is 2. The molecule has 3 rings (SSSR count). The molecule has 1 N–H and O–H groups in total. The zero-order chi connectivity index (χ0) is 20.5. The number of aromatic nitrogens is 2. The van der Waals surface area contributed by atoms with Crippen molar-refractivity contribution >= 4 is 17.7 Å². The summed E-state index contributed by atoms with van der Waals surface area (Å²) in [6.45, 7) is 2.51. The van der Waals surface area contributed by atoms with Gasteiger partial charge in [0.1, 0.15) is 23.9 Å². The Bertz CT molecular complexity index is 906. The summed E-state index contributed by atoms with van der Waals surface area (Å²) in [4.78, 5) is 11.9. The van der Waals surface area contributed by atoms with Crippen molar-refractivity contribution in [2.45, 2.75) is 18.3 Å². The van der Waals surface area contributed by atoms with Gasteiger partial charge in [0.05, 0.1) is 12.3 Å². The van der Waals surface area contributed by atoms with Crippen LogP contribution in [0.4, 0.5) is 4.39 Å². The first-order chi connectivity index (χ1) is 14.1. The third-order valence-electron chi connectivity index (χ3n) is 3.66. The molecule has 0 saturated carbocycles. The first kappa shape index (κ1) is 20.7. The van der Waals surface area contributed by atoms with E-state index in [-0.39, 0.29) is 28.6 Å². The molecule has 0 saturated heterocycles. The average Bonchev–Trinajstić information content (AvgIpc) is 3.21. The molecule has 1 heterocycles. The Hall–Kier alpha value is -3.07. The quantitative estimate of drug-likeness (QED) is 0.398. The lowest BCUT2D eigenvalue weighted by Crippen LogP contribution is -2.29. The second-order valence-electron chi connectivity index (χ2n) is 5.92. The second-order valence-corrected chi connectivity index (χ2v) is 6.85. The highest BCUT2D eigenvalue weighted by molar-refractivity contribution is 7.99. The van der Waals surface area contributed by atoms with Crippen molar-refractivity contribution in [3.63, 3.8) is 0 Å². The predicted molar refractivity (Wildman–Crippen MR) is 105 cm³/mol. The van der Waals surface area contributed by atoms with Gasteiger partial charge in [-0.05, 0) is 43.3 Å². The van der Waals surface area contributed by atoms with Gasteiger partial charge in [0.15, 0.2) is 6.10 Å². The van der Waals surface area contributed by atoms with Crippen molar-refractivity contribution in [1.82, 2.24) is 15.5 Å². The van der Waals surface area contributed by atoms with E-state index in [1.807, 2.05) is 30.3 Å². The predicted octanol–water partition coefficient (Wildman–Crippen LogP) is 3.64. The summed E-state index contributed by atoms with van der Waals surface area (Å²) >= 11 is 1.13. The second kappa shape index (κ2) is 10.5. The SMILES string of the molecule is CC(Oc1ccc(F)cc1)c1nnc(SCC(=O)NCCOc2ccccc2)o1. The van der Waals surface area contributed by atoms with Crippen LogP contribution in [0.5, 0.6) is 11.5 Å². The lowest BCUT2D eigenvalue weighted by molar-refractivity contribution is -0.118. The zero-order valence-electron chi connectivity index (χ0n) is 15.7. The molecule has 2 aromatic carbocycles. The molecule has 0 aliphatic heterocycles. The number of amides is 1. The molecule has 1 unspecified atom stereocenters. The molecule has 0 aliphatic carbocycles. The Morgan fingerprint density at radius 2 is 1.90 bits per heavy atom. The third kappa shape index (κ3) is 6.79. The van der Waals surface area contributed by atoms with E-state index < -0.39 is 6.10 Å². The van der Waals surface area contributed by atoms with E-state index in [4.69, 9.17) is 13.9 Å². The summed E-state index contributed by atoms with van der Waals surface area (Å²) in [6, 6.07) is 15.0. The topological polar surface area (TPSA) is 86.5 Å². The van der Waals surface area contributed by atoms with Gasteiger partial charge in [-0.1, -0.05) is 30.0 Å². The lowest BCUT2D eigenvalue weighted by atomic mass is 10.3. The number of thioether (sulfide) groups is 1. The number of halogens is 1. The fourth-order valence-electron chi connectivity index (χ4n) is 2.27. The Morgan fingerprint density at radius 1 is 1.14 bits per heavy atom. The maximum absolute atomic E-state index is 12.9. The normalized spacial score (nSPS) is 11.7. The third-order valence-corrected chi connectivity index (χ3v) is 4.48. The van der Waals surface area contributed by atoms with E-state index in [1.54, 1.807) is 6.92 Å². The summed E-state index contributed by atoms with van der Waals surface area (Å²) in [5.74, 6) is 1.15. The van der Waals surface area contributed by atoms with Crippen molar-refractivity contribution in [3.8, 4) is 11.5 Å². The van der Waals surface area contributed by atoms with Crippen molar-refractivity contribution in [3.05, 3.63) is 66.3 Å². The number of nitrogens with zero attached hydrogens (tertiary/aromatic N) is 2. The van der Waals surface area contributed by atoms with Crippen LogP contribution in [0.1, 0.15) is 18.9 Å². The molecule has 0 radical (unpaired) electrons. The van der Waals surface area contributed by atoms with Gasteiger partial charge in [0, 0.05) is 0 Å². The van der Waals surface area contributed by atoms with Gasteiger partial charge < -0.3 is 19.2 Å². The Labute approximate surface area is 171 Å². The number of hydrogen-bond acceptors (Lipinski definition) is 7. The number of carbonyl (C=O) groups excluding carboxylic acids is 1. The molecule has 1 atom stereocenters. The summed E-state index contributed by atoms with van der Waals surface area (Å²) in [5.41, 5.74) is 0. The average molecular weight is 417 g/mol. The number of hydrogen-bond donors (Lipinski definition) is 1. The van der Waals surface area contributed by atoms with Gasteiger partial charge in [-0.15, -0.1) is 10.2 Å². The molecular weight excluding hydrogens is 397 g/mol. The first-order valence-electron chi connectivity index (χ1n) is 8.93. The Balaban J connectivity index is 1.37. The van der Waals surface area contributed by atoms with Gasteiger partial charge >= 0.3 is 0 Å². The van der Waals surface area contributed by atoms with E-state index in [0.717, 1.165) is 17.5 Å². The van der Waals surface area contributed by atoms with Crippen LogP contribution < -0.4 is 14.8 Å². The number of para-hydroxylation sites is 1. The summed E-state index contributed by atoms with van der Waals surface area (Å²) in [5, 5.41) is 10.9. The van der Waals surface area contributed by atoms with Gasteiger partial charge in [0.25, 0.3) is 11.1 Å². The van der Waals surface area contributed by atoms with Crippen molar-refractivity contribution in [2.24, 2.45) is 0 Å². The molecule has 152 valence electrons. The van der Waals surface area contributed by atoms with Crippen LogP contribution in [0.15, 0.2) is 64.2 Å². The van der Waals surface area contributed by atoms with E-state index in [0.29, 0.717) is 18.9 Å². The molecule has 1 aromatic heterocycles. The molecule has 1 amide bonds. The number of nitrogens with one attached hydrogen (secondary N) is 1. The summed E-state index contributed by atoms with van der Waals surface area (Å²) in [7, 11) is 0. The summed E-state index contributed by atoms with van der Waals surface area (Å²) < 4.78 is 29.6. The van der Waals surface area contributed by atoms with E-state index in [1.165, 1.54) is 24.3 Å². The lowest BCUT2D eigenvalue weighted by Gasteiger charge is -2.10. The molecular formula is C20H20FN3O4S. The minimum Gasteiger partial charge on any atom is -0.492 e. The van der Waals surface area contributed by atoms with Crippen molar-refractivity contribution in [2.75, 3.05) is 18.9 Å². The van der Waals surface area contributed by atoms with Gasteiger partial charge in [-0.3, -0.25) is 4.79 Å². The van der Waals surface area contributed by atoms with Crippen LogP contribution >= 0.6 is 11.8 Å². The molecule has 0 fully saturated rings. The van der Waals surface area contributed by atoms with Crippen LogP contribution in [0.2, 0.25) is 0 Å². The minimum absolute atomic E-state index is 0.139. The van der Waals surface area contributed by atoms with E-state index in [9.17, 15) is 9.18 Å². The van der Waals surface area contributed by atoms with Gasteiger partial charge in [-0.2, -0.15) is 0 Å². The fraction of sp³-hybridized carbons (Fsp3) is 0.250. The van der Waals surface area contributed by atoms with Gasteiger partial charge in [-0.25, -0.2) is 4.39 Å². The maximum Gasteiger partial charge on any atom is 0.277 e. The monoisotopic (exact) mass is 417 g/mol. The van der Waals surface area contributed by atoms with Crippen molar-refractivity contribution < 1.29 is 23.1 Å². The highest BCUT2D eigenvalue weighted by Gasteiger charge is 2.17. The Morgan fingerprint density at radius 3 is 2.66 bits per heavy atom. The molecule has 0 bridgehead atoms. The molecule has 9 heteroatoms. The fourth-order valence-corrected chi connectivity index (χ4v) is 2.86. The highest BCUT2D eigenvalue weighted by atomic mass is 32.2. The molecule has 7 nitrogen and oxygen atoms in total. The van der Waals surface area contributed by atoms with Crippen LogP contribution in [-0.4, -0.2) is 35.0 Å². The van der Waals surface area contributed by atoms with Crippen LogP contribution in [0.3, 0.4) is 0 Å². The number of carbonyl (C=O) groups is 1. The van der Waals surface area contributed by atoms with Crippen LogP contribution in [-0.2, 0) is 4.79 Å². The van der Waals surface area contributed by atoms with Crippen LogP contribution in [0, 0.1) is 5.82 Å². The smallest absolute Gasteiger partial charge is 0.277 e.